The molecule has 0 radical (unpaired) electrons. The molecule has 1 aromatic carbocycles. The number of halogens is 1. The molecule has 0 bridgehead atoms. The molecule has 2 N–H and O–H groups in total. The largest absolute Gasteiger partial charge is 0.478 e. The Bertz CT molecular complexity index is 398. The van der Waals surface area contributed by atoms with E-state index >= 15 is 0 Å². The molecule has 0 aliphatic carbocycles. The topological polar surface area (TPSA) is 49.3 Å². The molecule has 0 aromatic heterocycles. The summed E-state index contributed by atoms with van der Waals surface area (Å²) in [5.74, 6) is 0.158. The Hall–Kier alpha value is -0.520. The highest BCUT2D eigenvalue weighted by Gasteiger charge is 2.07. The van der Waals surface area contributed by atoms with Gasteiger partial charge in [0.15, 0.2) is 0 Å². The average Bonchev–Trinajstić information content (AvgIpc) is 2.27. The van der Waals surface area contributed by atoms with Gasteiger partial charge in [-0.2, -0.15) is 11.8 Å². The SMILES string of the molecule is CSCC(C)NCc1ccc(C(=O)O)cc1Br. The number of nitrogens with one attached hydrogen (secondary N) is 1. The highest BCUT2D eigenvalue weighted by molar-refractivity contribution is 9.10. The quantitative estimate of drug-likeness (QED) is 0.847. The van der Waals surface area contributed by atoms with Crippen LogP contribution < -0.4 is 5.32 Å². The predicted octanol–water partition coefficient (Wildman–Crippen LogP) is 2.99. The zero-order valence-electron chi connectivity index (χ0n) is 9.87. The van der Waals surface area contributed by atoms with Crippen molar-refractivity contribution >= 4 is 33.7 Å². The van der Waals surface area contributed by atoms with E-state index < -0.39 is 5.97 Å². The molecule has 0 saturated carbocycles. The second-order valence-corrected chi connectivity index (χ2v) is 5.61. The van der Waals surface area contributed by atoms with Gasteiger partial charge in [0.05, 0.1) is 5.56 Å². The minimum Gasteiger partial charge on any atom is -0.478 e. The summed E-state index contributed by atoms with van der Waals surface area (Å²) in [5, 5.41) is 12.2. The molecule has 0 fully saturated rings. The van der Waals surface area contributed by atoms with E-state index in [1.54, 1.807) is 23.9 Å². The normalized spacial score (nSPS) is 12.4. The maximum atomic E-state index is 10.8. The van der Waals surface area contributed by atoms with Crippen LogP contribution in [0.4, 0.5) is 0 Å². The Kier molecular flexibility index (Phi) is 6.02. The van der Waals surface area contributed by atoms with Gasteiger partial charge in [-0.15, -0.1) is 0 Å². The number of hydrogen-bond donors (Lipinski definition) is 2. The van der Waals surface area contributed by atoms with Crippen LogP contribution in [0.2, 0.25) is 0 Å². The maximum Gasteiger partial charge on any atom is 0.335 e. The highest BCUT2D eigenvalue weighted by Crippen LogP contribution is 2.19. The average molecular weight is 318 g/mol. The van der Waals surface area contributed by atoms with Crippen LogP contribution in [0.25, 0.3) is 0 Å². The second-order valence-electron chi connectivity index (χ2n) is 3.85. The third kappa shape index (κ3) is 4.69. The van der Waals surface area contributed by atoms with Crippen LogP contribution in [-0.2, 0) is 6.54 Å². The van der Waals surface area contributed by atoms with Gasteiger partial charge in [-0.1, -0.05) is 22.0 Å². The fourth-order valence-corrected chi connectivity index (χ4v) is 2.55. The zero-order valence-corrected chi connectivity index (χ0v) is 12.3. The van der Waals surface area contributed by atoms with E-state index in [2.05, 4.69) is 34.4 Å². The first-order valence-electron chi connectivity index (χ1n) is 5.28. The van der Waals surface area contributed by atoms with E-state index in [1.165, 1.54) is 0 Å². The van der Waals surface area contributed by atoms with Gasteiger partial charge in [0.1, 0.15) is 0 Å². The molecule has 1 unspecified atom stereocenters. The minimum absolute atomic E-state index is 0.304. The van der Waals surface area contributed by atoms with Gasteiger partial charge in [-0.25, -0.2) is 4.79 Å². The van der Waals surface area contributed by atoms with Gasteiger partial charge in [-0.3, -0.25) is 0 Å². The van der Waals surface area contributed by atoms with Crippen LogP contribution in [0.5, 0.6) is 0 Å². The van der Waals surface area contributed by atoms with Crippen molar-refractivity contribution in [3.8, 4) is 0 Å². The number of hydrogen-bond acceptors (Lipinski definition) is 3. The molecule has 0 aliphatic rings. The molecule has 0 heterocycles. The van der Waals surface area contributed by atoms with E-state index in [1.807, 2.05) is 6.07 Å². The van der Waals surface area contributed by atoms with E-state index in [0.717, 1.165) is 22.3 Å². The summed E-state index contributed by atoms with van der Waals surface area (Å²) in [5.41, 5.74) is 1.38. The van der Waals surface area contributed by atoms with Crippen molar-refractivity contribution in [3.63, 3.8) is 0 Å². The lowest BCUT2D eigenvalue weighted by atomic mass is 10.1. The summed E-state index contributed by atoms with van der Waals surface area (Å²) in [4.78, 5) is 10.8. The number of carboxylic acid groups (broad SMARTS) is 1. The van der Waals surface area contributed by atoms with E-state index in [9.17, 15) is 4.79 Å². The lowest BCUT2D eigenvalue weighted by Crippen LogP contribution is -2.27. The summed E-state index contributed by atoms with van der Waals surface area (Å²) in [6, 6.07) is 5.55. The highest BCUT2D eigenvalue weighted by atomic mass is 79.9. The molecular formula is C12H16BrNO2S. The lowest BCUT2D eigenvalue weighted by molar-refractivity contribution is 0.0697. The number of carboxylic acids is 1. The lowest BCUT2D eigenvalue weighted by Gasteiger charge is -2.13. The van der Waals surface area contributed by atoms with Crippen molar-refractivity contribution in [3.05, 3.63) is 33.8 Å². The van der Waals surface area contributed by atoms with Gasteiger partial charge in [0.2, 0.25) is 0 Å². The third-order valence-corrected chi connectivity index (χ3v) is 3.93. The van der Waals surface area contributed by atoms with Gasteiger partial charge in [0, 0.05) is 22.8 Å². The van der Waals surface area contributed by atoms with Crippen molar-refractivity contribution in [2.75, 3.05) is 12.0 Å². The van der Waals surface area contributed by atoms with Crippen LogP contribution in [0.1, 0.15) is 22.8 Å². The molecule has 1 aromatic rings. The number of rotatable bonds is 6. The molecule has 0 aliphatic heterocycles. The molecule has 3 nitrogen and oxygen atoms in total. The van der Waals surface area contributed by atoms with Crippen LogP contribution in [0.3, 0.4) is 0 Å². The van der Waals surface area contributed by atoms with E-state index in [0.29, 0.717) is 11.6 Å². The first kappa shape index (κ1) is 14.5. The Morgan fingerprint density at radius 3 is 2.82 bits per heavy atom. The smallest absolute Gasteiger partial charge is 0.335 e. The van der Waals surface area contributed by atoms with Crippen molar-refractivity contribution in [2.24, 2.45) is 0 Å². The van der Waals surface area contributed by atoms with Gasteiger partial charge in [0.25, 0.3) is 0 Å². The van der Waals surface area contributed by atoms with Crippen molar-refractivity contribution < 1.29 is 9.90 Å². The van der Waals surface area contributed by atoms with Crippen molar-refractivity contribution in [1.82, 2.24) is 5.32 Å². The summed E-state index contributed by atoms with van der Waals surface area (Å²) in [7, 11) is 0. The molecule has 94 valence electrons. The van der Waals surface area contributed by atoms with Gasteiger partial charge >= 0.3 is 5.97 Å². The van der Waals surface area contributed by atoms with Gasteiger partial charge in [-0.05, 0) is 30.9 Å². The molecule has 0 spiro atoms. The Morgan fingerprint density at radius 2 is 2.29 bits per heavy atom. The van der Waals surface area contributed by atoms with E-state index in [-0.39, 0.29) is 0 Å². The van der Waals surface area contributed by atoms with Crippen LogP contribution in [-0.4, -0.2) is 29.1 Å². The minimum atomic E-state index is -0.902. The summed E-state index contributed by atoms with van der Waals surface area (Å²) >= 11 is 5.20. The number of thioether (sulfide) groups is 1. The molecule has 1 rings (SSSR count). The molecule has 17 heavy (non-hydrogen) atoms. The van der Waals surface area contributed by atoms with Crippen LogP contribution >= 0.6 is 27.7 Å². The Balaban J connectivity index is 2.63. The van der Waals surface area contributed by atoms with E-state index in [4.69, 9.17) is 5.11 Å². The molecular weight excluding hydrogens is 302 g/mol. The summed E-state index contributed by atoms with van der Waals surface area (Å²) in [6.45, 7) is 2.87. The van der Waals surface area contributed by atoms with Crippen molar-refractivity contribution in [2.45, 2.75) is 19.5 Å². The Labute approximate surface area is 114 Å². The van der Waals surface area contributed by atoms with Gasteiger partial charge < -0.3 is 10.4 Å². The number of benzene rings is 1. The fraction of sp³-hybridized carbons (Fsp3) is 0.417. The predicted molar refractivity (Wildman–Crippen MR) is 75.8 cm³/mol. The second kappa shape index (κ2) is 7.03. The summed E-state index contributed by atoms with van der Waals surface area (Å²) in [6.07, 6.45) is 2.08. The first-order valence-corrected chi connectivity index (χ1v) is 7.47. The monoisotopic (exact) mass is 317 g/mol. The zero-order chi connectivity index (χ0) is 12.8. The van der Waals surface area contributed by atoms with Crippen LogP contribution in [0, 0.1) is 0 Å². The summed E-state index contributed by atoms with van der Waals surface area (Å²) < 4.78 is 0.834. The molecule has 1 atom stereocenters. The fourth-order valence-electron chi connectivity index (χ4n) is 1.42. The molecule has 5 heteroatoms. The number of carbonyl (C=O) groups is 1. The van der Waals surface area contributed by atoms with Crippen LogP contribution in [0.15, 0.2) is 22.7 Å². The Morgan fingerprint density at radius 1 is 1.59 bits per heavy atom. The maximum absolute atomic E-state index is 10.8. The standard InChI is InChI=1S/C12H16BrNO2S/c1-8(7-17-2)14-6-10-4-3-9(12(15)16)5-11(10)13/h3-5,8,14H,6-7H2,1-2H3,(H,15,16). The molecule has 0 saturated heterocycles. The van der Waals surface area contributed by atoms with Crippen molar-refractivity contribution in [1.29, 1.82) is 0 Å². The third-order valence-electron chi connectivity index (χ3n) is 2.36. The first-order chi connectivity index (χ1) is 8.04. The number of aromatic carboxylic acids is 1. The molecule has 0 amide bonds.